The molecule has 0 aliphatic heterocycles. The fraction of sp³-hybridized carbons (Fsp3) is 0.273. The second-order valence-electron chi connectivity index (χ2n) is 3.57. The van der Waals surface area contributed by atoms with E-state index in [9.17, 15) is 4.79 Å². The fourth-order valence-corrected chi connectivity index (χ4v) is 1.42. The van der Waals surface area contributed by atoms with Crippen LogP contribution >= 0.6 is 0 Å². The van der Waals surface area contributed by atoms with Crippen molar-refractivity contribution in [2.45, 2.75) is 12.8 Å². The van der Waals surface area contributed by atoms with E-state index >= 15 is 0 Å². The molecule has 0 aliphatic rings. The molecule has 1 amide bonds. The van der Waals surface area contributed by atoms with E-state index in [1.54, 1.807) is 12.4 Å². The van der Waals surface area contributed by atoms with E-state index in [0.717, 1.165) is 11.4 Å². The van der Waals surface area contributed by atoms with Crippen molar-refractivity contribution in [2.75, 3.05) is 6.54 Å². The van der Waals surface area contributed by atoms with Crippen LogP contribution < -0.4 is 5.32 Å². The summed E-state index contributed by atoms with van der Waals surface area (Å²) in [5, 5.41) is 9.28. The summed E-state index contributed by atoms with van der Waals surface area (Å²) >= 11 is 0. The molecular weight excluding hydrogens is 218 g/mol. The van der Waals surface area contributed by atoms with Crippen molar-refractivity contribution in [1.82, 2.24) is 25.5 Å². The lowest BCUT2D eigenvalue weighted by molar-refractivity contribution is -0.120. The maximum absolute atomic E-state index is 11.6. The van der Waals surface area contributed by atoms with Gasteiger partial charge >= 0.3 is 0 Å². The number of amides is 1. The summed E-state index contributed by atoms with van der Waals surface area (Å²) in [4.78, 5) is 19.5. The number of carbonyl (C=O) groups is 1. The van der Waals surface area contributed by atoms with Crippen LogP contribution in [0.15, 0.2) is 30.9 Å². The van der Waals surface area contributed by atoms with E-state index < -0.39 is 0 Å². The third-order valence-corrected chi connectivity index (χ3v) is 2.24. The number of aromatic nitrogens is 4. The van der Waals surface area contributed by atoms with Crippen molar-refractivity contribution < 1.29 is 4.79 Å². The van der Waals surface area contributed by atoms with Crippen LogP contribution in [-0.2, 0) is 17.6 Å². The van der Waals surface area contributed by atoms with Crippen molar-refractivity contribution >= 4 is 5.91 Å². The molecule has 17 heavy (non-hydrogen) atoms. The highest BCUT2D eigenvalue weighted by Gasteiger charge is 2.03. The van der Waals surface area contributed by atoms with E-state index in [0.29, 0.717) is 19.4 Å². The molecule has 2 N–H and O–H groups in total. The highest BCUT2D eigenvalue weighted by Crippen LogP contribution is 1.96. The standard InChI is InChI=1S/C11H13N5O/c17-11(6-9-2-1-4-12-7-9)13-5-3-10-14-8-15-16-10/h1-2,4,7-8H,3,5-6H2,(H,13,17)(H,14,15,16). The van der Waals surface area contributed by atoms with E-state index in [2.05, 4.69) is 25.5 Å². The number of nitrogens with one attached hydrogen (secondary N) is 2. The Kier molecular flexibility index (Phi) is 3.80. The summed E-state index contributed by atoms with van der Waals surface area (Å²) in [6.07, 6.45) is 5.83. The van der Waals surface area contributed by atoms with Gasteiger partial charge in [-0.1, -0.05) is 6.07 Å². The van der Waals surface area contributed by atoms with Crippen LogP contribution in [0.5, 0.6) is 0 Å². The monoisotopic (exact) mass is 231 g/mol. The normalized spacial score (nSPS) is 10.1. The van der Waals surface area contributed by atoms with Crippen LogP contribution in [0.1, 0.15) is 11.4 Å². The number of H-pyrrole nitrogens is 1. The second-order valence-corrected chi connectivity index (χ2v) is 3.57. The molecule has 88 valence electrons. The van der Waals surface area contributed by atoms with E-state index in [1.165, 1.54) is 6.33 Å². The molecule has 0 unspecified atom stereocenters. The number of hydrogen-bond acceptors (Lipinski definition) is 4. The van der Waals surface area contributed by atoms with Crippen molar-refractivity contribution in [1.29, 1.82) is 0 Å². The lowest BCUT2D eigenvalue weighted by Crippen LogP contribution is -2.27. The third-order valence-electron chi connectivity index (χ3n) is 2.24. The summed E-state index contributed by atoms with van der Waals surface area (Å²) < 4.78 is 0. The Bertz CT molecular complexity index is 454. The zero-order valence-electron chi connectivity index (χ0n) is 9.26. The second kappa shape index (κ2) is 5.74. The Morgan fingerprint density at radius 3 is 3.12 bits per heavy atom. The Morgan fingerprint density at radius 1 is 1.47 bits per heavy atom. The molecule has 0 spiro atoms. The smallest absolute Gasteiger partial charge is 0.224 e. The third kappa shape index (κ3) is 3.67. The zero-order valence-corrected chi connectivity index (χ0v) is 9.26. The molecular formula is C11H13N5O. The number of hydrogen-bond donors (Lipinski definition) is 2. The average Bonchev–Trinajstić information content (AvgIpc) is 2.83. The number of nitrogens with zero attached hydrogens (tertiary/aromatic N) is 3. The summed E-state index contributed by atoms with van der Waals surface area (Å²) in [5.74, 6) is 0.754. The molecule has 2 aromatic heterocycles. The molecule has 2 aromatic rings. The highest BCUT2D eigenvalue weighted by atomic mass is 16.1. The molecule has 0 atom stereocenters. The first kappa shape index (κ1) is 11.3. The summed E-state index contributed by atoms with van der Waals surface area (Å²) in [7, 11) is 0. The molecule has 2 rings (SSSR count). The molecule has 0 saturated carbocycles. The number of pyridine rings is 1. The molecule has 0 radical (unpaired) electrons. The molecule has 0 aromatic carbocycles. The maximum Gasteiger partial charge on any atom is 0.224 e. The van der Waals surface area contributed by atoms with Crippen LogP contribution in [0.4, 0.5) is 0 Å². The van der Waals surface area contributed by atoms with Crippen molar-refractivity contribution in [3.8, 4) is 0 Å². The molecule has 0 bridgehead atoms. The Morgan fingerprint density at radius 2 is 2.41 bits per heavy atom. The maximum atomic E-state index is 11.6. The van der Waals surface area contributed by atoms with Crippen molar-refractivity contribution in [3.63, 3.8) is 0 Å². The molecule has 6 nitrogen and oxygen atoms in total. The Labute approximate surface area is 98.5 Å². The van der Waals surface area contributed by atoms with Gasteiger partial charge in [0.2, 0.25) is 5.91 Å². The minimum Gasteiger partial charge on any atom is -0.355 e. The summed E-state index contributed by atoms with van der Waals surface area (Å²) in [6.45, 7) is 0.550. The average molecular weight is 231 g/mol. The van der Waals surface area contributed by atoms with Gasteiger partial charge in [0.05, 0.1) is 6.42 Å². The molecule has 2 heterocycles. The minimum atomic E-state index is -0.0162. The zero-order chi connectivity index (χ0) is 11.9. The predicted octanol–water partition coefficient (Wildman–Crippen LogP) is 0.101. The van der Waals surface area contributed by atoms with Crippen molar-refractivity contribution in [2.24, 2.45) is 0 Å². The number of aromatic amines is 1. The van der Waals surface area contributed by atoms with Crippen LogP contribution in [0, 0.1) is 0 Å². The summed E-state index contributed by atoms with van der Waals surface area (Å²) in [5.41, 5.74) is 0.907. The number of rotatable bonds is 5. The highest BCUT2D eigenvalue weighted by molar-refractivity contribution is 5.78. The predicted molar refractivity (Wildman–Crippen MR) is 61.0 cm³/mol. The van der Waals surface area contributed by atoms with Gasteiger partial charge in [0.15, 0.2) is 0 Å². The molecule has 0 fully saturated rings. The molecule has 0 saturated heterocycles. The largest absolute Gasteiger partial charge is 0.355 e. The van der Waals surface area contributed by atoms with E-state index in [4.69, 9.17) is 0 Å². The van der Waals surface area contributed by atoms with Crippen LogP contribution in [0.2, 0.25) is 0 Å². The van der Waals surface area contributed by atoms with Gasteiger partial charge in [-0.2, -0.15) is 5.10 Å². The van der Waals surface area contributed by atoms with Crippen molar-refractivity contribution in [3.05, 3.63) is 42.2 Å². The molecule has 0 aliphatic carbocycles. The molecule has 6 heteroatoms. The van der Waals surface area contributed by atoms with Crippen LogP contribution in [-0.4, -0.2) is 32.6 Å². The topological polar surface area (TPSA) is 83.6 Å². The first-order valence-corrected chi connectivity index (χ1v) is 5.34. The van der Waals surface area contributed by atoms with Gasteiger partial charge in [0.25, 0.3) is 0 Å². The van der Waals surface area contributed by atoms with Gasteiger partial charge in [-0.05, 0) is 11.6 Å². The quantitative estimate of drug-likeness (QED) is 0.764. The lowest BCUT2D eigenvalue weighted by Gasteiger charge is -2.03. The van der Waals surface area contributed by atoms with E-state index in [1.807, 2.05) is 12.1 Å². The first-order chi connectivity index (χ1) is 8.34. The Hall–Kier alpha value is -2.24. The minimum absolute atomic E-state index is 0.0162. The van der Waals surface area contributed by atoms with Crippen LogP contribution in [0.3, 0.4) is 0 Å². The van der Waals surface area contributed by atoms with Gasteiger partial charge in [-0.25, -0.2) is 4.98 Å². The van der Waals surface area contributed by atoms with Crippen LogP contribution in [0.25, 0.3) is 0 Å². The van der Waals surface area contributed by atoms with E-state index in [-0.39, 0.29) is 5.91 Å². The van der Waals surface area contributed by atoms with Gasteiger partial charge in [0, 0.05) is 25.4 Å². The lowest BCUT2D eigenvalue weighted by atomic mass is 10.2. The van der Waals surface area contributed by atoms with Gasteiger partial charge in [-0.3, -0.25) is 14.9 Å². The summed E-state index contributed by atoms with van der Waals surface area (Å²) in [6, 6.07) is 3.69. The number of carbonyl (C=O) groups excluding carboxylic acids is 1. The van der Waals surface area contributed by atoms with Gasteiger partial charge in [0.1, 0.15) is 12.2 Å². The SMILES string of the molecule is O=C(Cc1cccnc1)NCCc1ncn[nH]1. The Balaban J connectivity index is 1.71. The van der Waals surface area contributed by atoms with Gasteiger partial charge < -0.3 is 5.32 Å². The first-order valence-electron chi connectivity index (χ1n) is 5.34. The van der Waals surface area contributed by atoms with Gasteiger partial charge in [-0.15, -0.1) is 0 Å². The fourth-order valence-electron chi connectivity index (χ4n) is 1.42.